The summed E-state index contributed by atoms with van der Waals surface area (Å²) in [6, 6.07) is 10.7. The minimum Gasteiger partial charge on any atom is -0.173 e. The number of rotatable bonds is 32. The van der Waals surface area contributed by atoms with Gasteiger partial charge < -0.3 is 0 Å². The molecule has 2 aromatic heterocycles. The molecule has 0 fully saturated rings. The molecule has 2 heterocycles. The molecular weight excluding hydrogens is 817 g/mol. The molecule has 0 amide bonds. The van der Waals surface area contributed by atoms with Gasteiger partial charge in [-0.25, -0.2) is 0 Å². The van der Waals surface area contributed by atoms with E-state index in [4.69, 9.17) is 17.5 Å². The summed E-state index contributed by atoms with van der Waals surface area (Å²) >= 11 is 2.83. The predicted molar refractivity (Wildman–Crippen MR) is 281 cm³/mol. The molecule has 0 saturated carbocycles. The molecule has 0 spiro atoms. The van der Waals surface area contributed by atoms with E-state index in [1.807, 2.05) is 0 Å². The summed E-state index contributed by atoms with van der Waals surface area (Å²) in [6.45, 7) is 13.9. The van der Waals surface area contributed by atoms with Crippen LogP contribution in [0, 0.1) is 13.8 Å². The van der Waals surface area contributed by atoms with Gasteiger partial charge in [-0.15, -0.1) is 0 Å². The number of fused-ring (bicyclic) bond motifs is 10. The van der Waals surface area contributed by atoms with E-state index < -0.39 is 0 Å². The van der Waals surface area contributed by atoms with Gasteiger partial charge in [-0.3, -0.25) is 0 Å². The molecule has 0 radical (unpaired) electrons. The van der Waals surface area contributed by atoms with Crippen LogP contribution >= 0.6 is 23.5 Å². The zero-order valence-electron chi connectivity index (χ0n) is 41.5. The summed E-state index contributed by atoms with van der Waals surface area (Å²) in [5.41, 5.74) is 19.2. The van der Waals surface area contributed by atoms with E-state index in [0.29, 0.717) is 0 Å². The van der Waals surface area contributed by atoms with Crippen LogP contribution in [0.5, 0.6) is 0 Å². The first-order valence-corrected chi connectivity index (χ1v) is 28.6. The van der Waals surface area contributed by atoms with E-state index in [9.17, 15) is 0 Å². The summed E-state index contributed by atoms with van der Waals surface area (Å²) in [5.74, 6) is 0. The molecule has 0 atom stereocenters. The van der Waals surface area contributed by atoms with Crippen LogP contribution in [0.1, 0.15) is 267 Å². The van der Waals surface area contributed by atoms with Gasteiger partial charge in [0.25, 0.3) is 0 Å². The van der Waals surface area contributed by atoms with Gasteiger partial charge in [0.05, 0.1) is 23.5 Å². The molecular formula is C58H86N4S2. The van der Waals surface area contributed by atoms with E-state index in [0.717, 1.165) is 22.1 Å². The maximum Gasteiger partial charge on any atom is 0.113 e. The number of nitrogens with zero attached hydrogens (tertiary/aromatic N) is 4. The van der Waals surface area contributed by atoms with Crippen molar-refractivity contribution in [3.63, 3.8) is 0 Å². The summed E-state index contributed by atoms with van der Waals surface area (Å²) in [4.78, 5) is 0. The molecule has 5 aromatic rings. The summed E-state index contributed by atoms with van der Waals surface area (Å²) in [5, 5.41) is 0. The minimum atomic E-state index is -0.0262. The van der Waals surface area contributed by atoms with Gasteiger partial charge in [-0.2, -0.15) is 17.5 Å². The van der Waals surface area contributed by atoms with Crippen LogP contribution in [0.3, 0.4) is 0 Å². The second-order valence-electron chi connectivity index (χ2n) is 20.7. The van der Waals surface area contributed by atoms with Crippen molar-refractivity contribution < 1.29 is 0 Å². The van der Waals surface area contributed by atoms with Crippen molar-refractivity contribution in [3.8, 4) is 22.3 Å². The molecule has 350 valence electrons. The standard InChI is InChI=1S/C58H86N4S2/c1-7-11-15-19-23-27-31-35-57(36-32-28-24-20-16-12-8-2)47-41-46-48(42-45(47)51-49(57)39-43(5)53-55(51)61-63-59-53)58(37-33-29-25-21-17-13-9-3,38-34-30-26-22-18-14-10-4)50-40-44(6)54-56(52(46)50)62-64-60-54/h39-42H,7-38H2,1-6H3. The van der Waals surface area contributed by atoms with E-state index >= 15 is 0 Å². The molecule has 3 aromatic carbocycles. The number of hydrogen-bond acceptors (Lipinski definition) is 6. The quantitative estimate of drug-likeness (QED) is 0.0404. The number of benzene rings is 3. The van der Waals surface area contributed by atoms with Crippen molar-refractivity contribution in [1.82, 2.24) is 17.5 Å². The Hall–Kier alpha value is -2.70. The third-order valence-electron chi connectivity index (χ3n) is 16.0. The molecule has 0 saturated heterocycles. The third-order valence-corrected chi connectivity index (χ3v) is 17.1. The van der Waals surface area contributed by atoms with Crippen molar-refractivity contribution >= 4 is 45.5 Å². The van der Waals surface area contributed by atoms with Crippen molar-refractivity contribution in [3.05, 3.63) is 57.6 Å². The van der Waals surface area contributed by atoms with Crippen LogP contribution in [0.15, 0.2) is 24.3 Å². The summed E-state index contributed by atoms with van der Waals surface area (Å²) in [7, 11) is 0. The Morgan fingerprint density at radius 2 is 0.594 bits per heavy atom. The first-order chi connectivity index (χ1) is 31.5. The first kappa shape index (κ1) is 49.2. The molecule has 2 aliphatic carbocycles. The van der Waals surface area contributed by atoms with E-state index in [1.165, 1.54) is 262 Å². The Morgan fingerprint density at radius 3 is 0.891 bits per heavy atom. The van der Waals surface area contributed by atoms with Crippen molar-refractivity contribution in [2.24, 2.45) is 0 Å². The molecule has 0 aliphatic heterocycles. The molecule has 0 N–H and O–H groups in total. The third kappa shape index (κ3) is 10.7. The maximum absolute atomic E-state index is 5.20. The van der Waals surface area contributed by atoms with E-state index in [1.54, 1.807) is 22.3 Å². The average molecular weight is 903 g/mol. The maximum atomic E-state index is 5.20. The van der Waals surface area contributed by atoms with Gasteiger partial charge in [0, 0.05) is 22.0 Å². The molecule has 0 bridgehead atoms. The zero-order valence-corrected chi connectivity index (χ0v) is 43.2. The highest BCUT2D eigenvalue weighted by Gasteiger charge is 2.49. The fraction of sp³-hybridized carbons (Fsp3) is 0.690. The molecule has 64 heavy (non-hydrogen) atoms. The van der Waals surface area contributed by atoms with Crippen LogP contribution in [-0.2, 0) is 10.8 Å². The van der Waals surface area contributed by atoms with Crippen LogP contribution in [-0.4, -0.2) is 17.5 Å². The smallest absolute Gasteiger partial charge is 0.113 e. The van der Waals surface area contributed by atoms with Crippen LogP contribution in [0.4, 0.5) is 0 Å². The fourth-order valence-corrected chi connectivity index (χ4v) is 13.7. The molecule has 0 unspecified atom stereocenters. The van der Waals surface area contributed by atoms with Gasteiger partial charge in [-0.05, 0) is 96.2 Å². The molecule has 6 heteroatoms. The second kappa shape index (κ2) is 24.4. The van der Waals surface area contributed by atoms with E-state index in [-0.39, 0.29) is 10.8 Å². The highest BCUT2D eigenvalue weighted by Crippen LogP contribution is 2.63. The first-order valence-electron chi connectivity index (χ1n) is 27.2. The largest absolute Gasteiger partial charge is 0.173 e. The Bertz CT molecular complexity index is 2020. The van der Waals surface area contributed by atoms with Gasteiger partial charge in [0.15, 0.2) is 0 Å². The Balaban J connectivity index is 1.37. The monoisotopic (exact) mass is 903 g/mol. The molecule has 4 nitrogen and oxygen atoms in total. The number of aryl methyl sites for hydroxylation is 2. The van der Waals surface area contributed by atoms with Gasteiger partial charge in [0.1, 0.15) is 22.1 Å². The highest BCUT2D eigenvalue weighted by atomic mass is 32.1. The van der Waals surface area contributed by atoms with E-state index in [2.05, 4.69) is 65.8 Å². The van der Waals surface area contributed by atoms with Gasteiger partial charge in [0.2, 0.25) is 0 Å². The number of aromatic nitrogens is 4. The summed E-state index contributed by atoms with van der Waals surface area (Å²) in [6.07, 6.45) is 42.4. The molecule has 7 rings (SSSR count). The molecule has 2 aliphatic rings. The predicted octanol–water partition coefficient (Wildman–Crippen LogP) is 19.4. The number of unbranched alkanes of at least 4 members (excludes halogenated alkanes) is 24. The van der Waals surface area contributed by atoms with Crippen LogP contribution in [0.25, 0.3) is 44.3 Å². The Labute approximate surface area is 398 Å². The highest BCUT2D eigenvalue weighted by molar-refractivity contribution is 7.00. The topological polar surface area (TPSA) is 51.6 Å². The lowest BCUT2D eigenvalue weighted by Crippen LogP contribution is -2.27. The Kier molecular flexibility index (Phi) is 18.7. The minimum absolute atomic E-state index is 0.0262. The second-order valence-corrected chi connectivity index (χ2v) is 21.8. The van der Waals surface area contributed by atoms with Crippen LogP contribution in [0.2, 0.25) is 0 Å². The van der Waals surface area contributed by atoms with Crippen LogP contribution < -0.4 is 0 Å². The summed E-state index contributed by atoms with van der Waals surface area (Å²) < 4.78 is 20.4. The lowest BCUT2D eigenvalue weighted by Gasteiger charge is -2.35. The van der Waals surface area contributed by atoms with Gasteiger partial charge >= 0.3 is 0 Å². The van der Waals surface area contributed by atoms with Crippen molar-refractivity contribution in [2.45, 2.75) is 258 Å². The zero-order chi connectivity index (χ0) is 44.8. The SMILES string of the molecule is CCCCCCCCCC1(CCCCCCCCC)c2cc3c(cc2-c2c1cc(C)c1nsnc21)C(CCCCCCCCC)(CCCCCCCCC)c1cc(C)c2nsnc2c1-3. The van der Waals surface area contributed by atoms with Crippen molar-refractivity contribution in [1.29, 1.82) is 0 Å². The normalized spacial score (nSPS) is 14.5. The van der Waals surface area contributed by atoms with Crippen molar-refractivity contribution in [2.75, 3.05) is 0 Å². The number of hydrogen-bond donors (Lipinski definition) is 0. The average Bonchev–Trinajstić information content (AvgIpc) is 4.09. The lowest BCUT2D eigenvalue weighted by atomic mass is 9.68. The van der Waals surface area contributed by atoms with Gasteiger partial charge in [-0.1, -0.05) is 220 Å². The fourth-order valence-electron chi connectivity index (χ4n) is 12.5. The Morgan fingerprint density at radius 1 is 0.328 bits per heavy atom. The lowest BCUT2D eigenvalue weighted by molar-refractivity contribution is 0.394.